The number of amides is 1. The first kappa shape index (κ1) is 12.8. The maximum absolute atomic E-state index is 11.4. The predicted molar refractivity (Wildman–Crippen MR) is 69.1 cm³/mol. The molecule has 0 radical (unpaired) electrons. The Labute approximate surface area is 100 Å². The van der Waals surface area contributed by atoms with Crippen LogP contribution >= 0.6 is 0 Å². The molecule has 1 rings (SSSR count). The van der Waals surface area contributed by atoms with E-state index in [2.05, 4.69) is 10.6 Å². The van der Waals surface area contributed by atoms with Crippen LogP contribution in [0.25, 0.3) is 0 Å². The summed E-state index contributed by atoms with van der Waals surface area (Å²) in [7, 11) is 1.58. The van der Waals surface area contributed by atoms with Crippen molar-refractivity contribution in [1.29, 1.82) is 5.41 Å². The zero-order chi connectivity index (χ0) is 12.8. The number of anilines is 1. The fourth-order valence-corrected chi connectivity index (χ4v) is 1.21. The molecule has 5 nitrogen and oxygen atoms in total. The minimum Gasteiger partial charge on any atom is -0.385 e. The fourth-order valence-electron chi connectivity index (χ4n) is 1.21. The highest BCUT2D eigenvalue weighted by atomic mass is 16.1. The lowest BCUT2D eigenvalue weighted by molar-refractivity contribution is 0.0963. The smallest absolute Gasteiger partial charge is 0.251 e. The van der Waals surface area contributed by atoms with Crippen LogP contribution in [0.1, 0.15) is 17.3 Å². The first-order chi connectivity index (χ1) is 8.08. The van der Waals surface area contributed by atoms with Crippen molar-refractivity contribution in [3.63, 3.8) is 0 Å². The summed E-state index contributed by atoms with van der Waals surface area (Å²) in [5, 5.41) is 12.6. The van der Waals surface area contributed by atoms with Gasteiger partial charge in [-0.05, 0) is 25.1 Å². The van der Waals surface area contributed by atoms with Gasteiger partial charge in [0.1, 0.15) is 5.82 Å². The fraction of sp³-hybridized carbons (Fsp3) is 0.167. The predicted octanol–water partition coefficient (Wildman–Crippen LogP) is 1.30. The second-order valence-corrected chi connectivity index (χ2v) is 3.53. The molecule has 1 aromatic carbocycles. The average molecular weight is 232 g/mol. The van der Waals surface area contributed by atoms with Crippen molar-refractivity contribution in [2.45, 2.75) is 6.92 Å². The van der Waals surface area contributed by atoms with Gasteiger partial charge in [-0.2, -0.15) is 0 Å². The molecule has 0 aliphatic heterocycles. The topological polar surface area (TPSA) is 91.0 Å². The lowest BCUT2D eigenvalue weighted by atomic mass is 10.2. The summed E-state index contributed by atoms with van der Waals surface area (Å²) in [5.74, 6) is 0.244. The normalized spacial score (nSPS) is 11.4. The van der Waals surface area contributed by atoms with Gasteiger partial charge in [0.25, 0.3) is 5.91 Å². The molecule has 0 saturated heterocycles. The van der Waals surface area contributed by atoms with Crippen LogP contribution in [0.2, 0.25) is 0 Å². The molecule has 0 saturated carbocycles. The maximum atomic E-state index is 11.4. The van der Waals surface area contributed by atoms with Crippen molar-refractivity contribution in [1.82, 2.24) is 5.32 Å². The molecule has 0 bridgehead atoms. The van der Waals surface area contributed by atoms with Gasteiger partial charge < -0.3 is 21.8 Å². The summed E-state index contributed by atoms with van der Waals surface area (Å²) in [6, 6.07) is 6.98. The van der Waals surface area contributed by atoms with Gasteiger partial charge in [-0.3, -0.25) is 4.79 Å². The second-order valence-electron chi connectivity index (χ2n) is 3.53. The highest BCUT2D eigenvalue weighted by Crippen LogP contribution is 2.12. The van der Waals surface area contributed by atoms with Crippen LogP contribution in [0, 0.1) is 5.41 Å². The number of carbonyl (C=O) groups excluding carboxylic acids is 1. The third kappa shape index (κ3) is 3.34. The number of allylic oxidation sites excluding steroid dienone is 1. The van der Waals surface area contributed by atoms with Crippen molar-refractivity contribution < 1.29 is 4.79 Å². The highest BCUT2D eigenvalue weighted by molar-refractivity contribution is 5.95. The monoisotopic (exact) mass is 232 g/mol. The first-order valence-electron chi connectivity index (χ1n) is 5.14. The number of hydrogen-bond acceptors (Lipinski definition) is 4. The Balaban J connectivity index is 2.94. The maximum Gasteiger partial charge on any atom is 0.251 e. The van der Waals surface area contributed by atoms with Crippen molar-refractivity contribution in [3.05, 3.63) is 41.2 Å². The van der Waals surface area contributed by atoms with Crippen molar-refractivity contribution >= 4 is 17.8 Å². The van der Waals surface area contributed by atoms with Crippen LogP contribution in [-0.4, -0.2) is 19.2 Å². The molecule has 0 aliphatic rings. The summed E-state index contributed by atoms with van der Waals surface area (Å²) in [6.45, 7) is 1.73. The lowest BCUT2D eigenvalue weighted by Crippen LogP contribution is -2.18. The number of nitrogens with one attached hydrogen (secondary N) is 3. The van der Waals surface area contributed by atoms with Gasteiger partial charge >= 0.3 is 0 Å². The minimum absolute atomic E-state index is 0.153. The van der Waals surface area contributed by atoms with Gasteiger partial charge in [-0.1, -0.05) is 6.07 Å². The number of benzene rings is 1. The van der Waals surface area contributed by atoms with Crippen molar-refractivity contribution in [3.8, 4) is 0 Å². The molecular weight excluding hydrogens is 216 g/mol. The van der Waals surface area contributed by atoms with E-state index in [1.807, 2.05) is 0 Å². The molecule has 0 fully saturated rings. The molecule has 5 heteroatoms. The summed E-state index contributed by atoms with van der Waals surface area (Å²) in [4.78, 5) is 11.4. The van der Waals surface area contributed by atoms with Crippen molar-refractivity contribution in [2.75, 3.05) is 12.4 Å². The van der Waals surface area contributed by atoms with E-state index in [4.69, 9.17) is 11.1 Å². The molecular formula is C12H16N4O. The molecule has 0 spiro atoms. The molecule has 0 aromatic heterocycles. The molecule has 17 heavy (non-hydrogen) atoms. The third-order valence-corrected chi connectivity index (χ3v) is 2.27. The van der Waals surface area contributed by atoms with E-state index < -0.39 is 0 Å². The molecule has 1 amide bonds. The SMILES string of the molecule is CNC(=O)c1cccc(N/C(N)=C(\C)C=N)c1. The quantitative estimate of drug-likeness (QED) is 0.590. The van der Waals surface area contributed by atoms with Gasteiger partial charge in [-0.15, -0.1) is 0 Å². The Morgan fingerprint density at radius 2 is 2.18 bits per heavy atom. The Bertz CT molecular complexity index is 465. The standard InChI is InChI=1S/C12H16N4O/c1-8(7-13)11(14)16-10-5-3-4-9(6-10)12(17)15-2/h3-7,13,16H,14H2,1-2H3,(H,15,17)/b11-8+,13-7?. The zero-order valence-electron chi connectivity index (χ0n) is 9.87. The van der Waals surface area contributed by atoms with E-state index in [1.165, 1.54) is 6.21 Å². The second kappa shape index (κ2) is 5.69. The molecule has 1 aromatic rings. The Morgan fingerprint density at radius 3 is 2.76 bits per heavy atom. The van der Waals surface area contributed by atoms with E-state index in [0.29, 0.717) is 22.6 Å². The van der Waals surface area contributed by atoms with Crippen LogP contribution in [0.4, 0.5) is 5.69 Å². The van der Waals surface area contributed by atoms with E-state index >= 15 is 0 Å². The van der Waals surface area contributed by atoms with Crippen LogP contribution in [0.5, 0.6) is 0 Å². The zero-order valence-corrected chi connectivity index (χ0v) is 9.87. The Kier molecular flexibility index (Phi) is 4.28. The van der Waals surface area contributed by atoms with Gasteiger partial charge in [0.15, 0.2) is 0 Å². The summed E-state index contributed by atoms with van der Waals surface area (Å²) >= 11 is 0. The van der Waals surface area contributed by atoms with Gasteiger partial charge in [0, 0.05) is 30.1 Å². The lowest BCUT2D eigenvalue weighted by Gasteiger charge is -2.09. The van der Waals surface area contributed by atoms with Gasteiger partial charge in [0.2, 0.25) is 0 Å². The van der Waals surface area contributed by atoms with E-state index in [9.17, 15) is 4.79 Å². The van der Waals surface area contributed by atoms with Crippen LogP contribution in [0.3, 0.4) is 0 Å². The number of hydrogen-bond donors (Lipinski definition) is 4. The van der Waals surface area contributed by atoms with Crippen LogP contribution in [-0.2, 0) is 0 Å². The Morgan fingerprint density at radius 1 is 1.47 bits per heavy atom. The summed E-state index contributed by atoms with van der Waals surface area (Å²) in [5.41, 5.74) is 7.64. The van der Waals surface area contributed by atoms with E-state index in [1.54, 1.807) is 38.2 Å². The van der Waals surface area contributed by atoms with Crippen LogP contribution in [0.15, 0.2) is 35.7 Å². The third-order valence-electron chi connectivity index (χ3n) is 2.27. The van der Waals surface area contributed by atoms with Crippen LogP contribution < -0.4 is 16.4 Å². The first-order valence-corrected chi connectivity index (χ1v) is 5.14. The van der Waals surface area contributed by atoms with Crippen molar-refractivity contribution in [2.24, 2.45) is 5.73 Å². The molecule has 5 N–H and O–H groups in total. The number of carbonyl (C=O) groups is 1. The van der Waals surface area contributed by atoms with E-state index in [-0.39, 0.29) is 5.91 Å². The number of nitrogens with two attached hydrogens (primary N) is 1. The average Bonchev–Trinajstić information content (AvgIpc) is 2.37. The van der Waals surface area contributed by atoms with Gasteiger partial charge in [0.05, 0.1) is 0 Å². The molecule has 0 heterocycles. The molecule has 0 atom stereocenters. The minimum atomic E-state index is -0.153. The summed E-state index contributed by atoms with van der Waals surface area (Å²) < 4.78 is 0. The highest BCUT2D eigenvalue weighted by Gasteiger charge is 2.04. The van der Waals surface area contributed by atoms with Gasteiger partial charge in [-0.25, -0.2) is 0 Å². The molecule has 90 valence electrons. The summed E-state index contributed by atoms with van der Waals surface area (Å²) in [6.07, 6.45) is 1.17. The largest absolute Gasteiger partial charge is 0.385 e. The number of rotatable bonds is 4. The van der Waals surface area contributed by atoms with E-state index in [0.717, 1.165) is 0 Å². The Hall–Kier alpha value is -2.30. The molecule has 0 unspecified atom stereocenters. The molecule has 0 aliphatic carbocycles.